The number of rotatable bonds is 7. The summed E-state index contributed by atoms with van der Waals surface area (Å²) in [6.45, 7) is 5.20. The van der Waals surface area contributed by atoms with Crippen molar-refractivity contribution < 1.29 is 13.9 Å². The minimum atomic E-state index is -0.117. The molecule has 0 aliphatic carbocycles. The van der Waals surface area contributed by atoms with Crippen LogP contribution < -0.4 is 14.9 Å². The predicted molar refractivity (Wildman–Crippen MR) is 112 cm³/mol. The van der Waals surface area contributed by atoms with E-state index in [4.69, 9.17) is 13.9 Å². The number of hydrogen-bond donors (Lipinski definition) is 0. The summed E-state index contributed by atoms with van der Waals surface area (Å²) in [6, 6.07) is 12.9. The lowest BCUT2D eigenvalue weighted by molar-refractivity contribution is 0.303. The van der Waals surface area contributed by atoms with Crippen molar-refractivity contribution in [2.45, 2.75) is 26.7 Å². The first kappa shape index (κ1) is 18.8. The summed E-state index contributed by atoms with van der Waals surface area (Å²) in [5.74, 6) is 1.70. The van der Waals surface area contributed by atoms with Gasteiger partial charge in [0, 0.05) is 27.3 Å². The summed E-state index contributed by atoms with van der Waals surface area (Å²) in [5, 5.41) is 0.455. The van der Waals surface area contributed by atoms with Crippen molar-refractivity contribution >= 4 is 33.6 Å². The number of halogens is 1. The molecule has 0 N–H and O–H groups in total. The quantitative estimate of drug-likeness (QED) is 0.425. The molecule has 0 radical (unpaired) electrons. The van der Waals surface area contributed by atoms with Gasteiger partial charge in [0.1, 0.15) is 28.2 Å². The molecule has 0 fully saturated rings. The molecular weight excluding hydrogens is 443 g/mol. The molecule has 0 aliphatic rings. The van der Waals surface area contributed by atoms with E-state index < -0.39 is 0 Å². The molecule has 0 atom stereocenters. The molecule has 0 bridgehead atoms. The Kier molecular flexibility index (Phi) is 6.19. The van der Waals surface area contributed by atoms with Gasteiger partial charge in [-0.25, -0.2) is 0 Å². The fraction of sp³-hybridized carbons (Fsp3) is 0.286. The third-order valence-corrected chi connectivity index (χ3v) is 4.48. The van der Waals surface area contributed by atoms with Crippen molar-refractivity contribution in [3.63, 3.8) is 0 Å². The van der Waals surface area contributed by atoms with Gasteiger partial charge in [0.05, 0.1) is 13.2 Å². The van der Waals surface area contributed by atoms with Gasteiger partial charge in [0.25, 0.3) is 0 Å². The van der Waals surface area contributed by atoms with Gasteiger partial charge in [-0.2, -0.15) is 0 Å². The van der Waals surface area contributed by atoms with Crippen molar-refractivity contribution in [3.8, 4) is 22.8 Å². The lowest BCUT2D eigenvalue weighted by Crippen LogP contribution is -2.06. The molecule has 2 aromatic carbocycles. The molecule has 1 heterocycles. The summed E-state index contributed by atoms with van der Waals surface area (Å²) in [5.41, 5.74) is 1.23. The highest BCUT2D eigenvalue weighted by molar-refractivity contribution is 14.1. The molecule has 4 nitrogen and oxygen atoms in total. The standard InChI is InChI=1S/C21H21IO4/c1-3-8-24-16-11-19(25-9-4-2)21-17(23)13-18(26-20(21)12-16)14-6-5-7-15(22)10-14/h5-7,10-13H,3-4,8-9H2,1-2H3. The fourth-order valence-corrected chi connectivity index (χ4v) is 3.18. The third kappa shape index (κ3) is 4.20. The van der Waals surface area contributed by atoms with Crippen molar-refractivity contribution in [3.05, 3.63) is 56.3 Å². The Morgan fingerprint density at radius 3 is 2.50 bits per heavy atom. The van der Waals surface area contributed by atoms with Crippen molar-refractivity contribution in [2.24, 2.45) is 0 Å². The van der Waals surface area contributed by atoms with Crippen LogP contribution in [0.15, 0.2) is 51.7 Å². The minimum Gasteiger partial charge on any atom is -0.493 e. The van der Waals surface area contributed by atoms with Gasteiger partial charge in [-0.3, -0.25) is 4.79 Å². The first-order valence-electron chi connectivity index (χ1n) is 8.75. The van der Waals surface area contributed by atoms with E-state index >= 15 is 0 Å². The van der Waals surface area contributed by atoms with Crippen LogP contribution in [0.5, 0.6) is 11.5 Å². The molecule has 0 spiro atoms. The number of benzene rings is 2. The summed E-state index contributed by atoms with van der Waals surface area (Å²) in [4.78, 5) is 12.8. The van der Waals surface area contributed by atoms with Crippen LogP contribution in [-0.4, -0.2) is 13.2 Å². The second-order valence-electron chi connectivity index (χ2n) is 5.98. The maximum absolute atomic E-state index is 12.8. The van der Waals surface area contributed by atoms with Crippen molar-refractivity contribution in [2.75, 3.05) is 13.2 Å². The number of ether oxygens (including phenoxy) is 2. The highest BCUT2D eigenvalue weighted by Gasteiger charge is 2.14. The lowest BCUT2D eigenvalue weighted by Gasteiger charge is -2.12. The molecule has 0 unspecified atom stereocenters. The molecule has 0 saturated carbocycles. The van der Waals surface area contributed by atoms with Crippen molar-refractivity contribution in [1.29, 1.82) is 0 Å². The largest absolute Gasteiger partial charge is 0.493 e. The molecule has 5 heteroatoms. The monoisotopic (exact) mass is 464 g/mol. The molecule has 3 rings (SSSR count). The summed E-state index contributed by atoms with van der Waals surface area (Å²) in [6.07, 6.45) is 1.75. The zero-order valence-corrected chi connectivity index (χ0v) is 17.0. The number of fused-ring (bicyclic) bond motifs is 1. The Hall–Kier alpha value is -2.02. The van der Waals surface area contributed by atoms with E-state index in [-0.39, 0.29) is 5.43 Å². The van der Waals surface area contributed by atoms with Crippen LogP contribution in [0, 0.1) is 3.57 Å². The third-order valence-electron chi connectivity index (χ3n) is 3.81. The van der Waals surface area contributed by atoms with Gasteiger partial charge < -0.3 is 13.9 Å². The maximum atomic E-state index is 12.8. The Labute approximate surface area is 166 Å². The average Bonchev–Trinajstić information content (AvgIpc) is 2.64. The predicted octanol–water partition coefficient (Wildman–Crippen LogP) is 5.64. The molecule has 0 amide bonds. The second kappa shape index (κ2) is 8.58. The van der Waals surface area contributed by atoms with E-state index in [0.29, 0.717) is 41.4 Å². The smallest absolute Gasteiger partial charge is 0.197 e. The van der Waals surface area contributed by atoms with Crippen LogP contribution >= 0.6 is 22.6 Å². The summed E-state index contributed by atoms with van der Waals surface area (Å²) < 4.78 is 18.7. The van der Waals surface area contributed by atoms with Crippen LogP contribution in [-0.2, 0) is 0 Å². The molecule has 26 heavy (non-hydrogen) atoms. The van der Waals surface area contributed by atoms with Gasteiger partial charge >= 0.3 is 0 Å². The second-order valence-corrected chi connectivity index (χ2v) is 7.22. The molecular formula is C21H21IO4. The Balaban J connectivity index is 2.16. The van der Waals surface area contributed by atoms with Crippen LogP contribution in [0.1, 0.15) is 26.7 Å². The van der Waals surface area contributed by atoms with Gasteiger partial charge in [0.2, 0.25) is 0 Å². The molecule has 0 aliphatic heterocycles. The Morgan fingerprint density at radius 2 is 1.77 bits per heavy atom. The normalized spacial score (nSPS) is 10.9. The van der Waals surface area contributed by atoms with Crippen LogP contribution in [0.3, 0.4) is 0 Å². The Morgan fingerprint density at radius 1 is 1.00 bits per heavy atom. The van der Waals surface area contributed by atoms with Crippen LogP contribution in [0.25, 0.3) is 22.3 Å². The number of hydrogen-bond acceptors (Lipinski definition) is 4. The molecule has 0 saturated heterocycles. The van der Waals surface area contributed by atoms with Gasteiger partial charge in [0.15, 0.2) is 5.43 Å². The summed E-state index contributed by atoms with van der Waals surface area (Å²) >= 11 is 2.24. The van der Waals surface area contributed by atoms with Gasteiger partial charge in [-0.15, -0.1) is 0 Å². The minimum absolute atomic E-state index is 0.117. The van der Waals surface area contributed by atoms with E-state index in [2.05, 4.69) is 22.6 Å². The first-order chi connectivity index (χ1) is 12.6. The molecule has 3 aromatic rings. The Bertz CT molecular complexity index is 962. The highest BCUT2D eigenvalue weighted by atomic mass is 127. The molecule has 1 aromatic heterocycles. The van der Waals surface area contributed by atoms with Gasteiger partial charge in [-0.1, -0.05) is 26.0 Å². The maximum Gasteiger partial charge on any atom is 0.197 e. The fourth-order valence-electron chi connectivity index (χ4n) is 2.64. The van der Waals surface area contributed by atoms with Crippen molar-refractivity contribution in [1.82, 2.24) is 0 Å². The van der Waals surface area contributed by atoms with E-state index in [1.807, 2.05) is 38.1 Å². The van der Waals surface area contributed by atoms with E-state index in [0.717, 1.165) is 22.0 Å². The topological polar surface area (TPSA) is 48.7 Å². The average molecular weight is 464 g/mol. The lowest BCUT2D eigenvalue weighted by atomic mass is 10.1. The van der Waals surface area contributed by atoms with Crippen LogP contribution in [0.4, 0.5) is 0 Å². The van der Waals surface area contributed by atoms with E-state index in [1.165, 1.54) is 6.07 Å². The SMILES string of the molecule is CCCOc1cc(OCCC)c2c(=O)cc(-c3cccc(I)c3)oc2c1. The van der Waals surface area contributed by atoms with Crippen LogP contribution in [0.2, 0.25) is 0 Å². The first-order valence-corrected chi connectivity index (χ1v) is 9.83. The molecule has 136 valence electrons. The summed E-state index contributed by atoms with van der Waals surface area (Å²) in [7, 11) is 0. The highest BCUT2D eigenvalue weighted by Crippen LogP contribution is 2.32. The zero-order valence-electron chi connectivity index (χ0n) is 14.9. The van der Waals surface area contributed by atoms with E-state index in [9.17, 15) is 4.79 Å². The zero-order chi connectivity index (χ0) is 18.5. The van der Waals surface area contributed by atoms with Gasteiger partial charge in [-0.05, 0) is 47.6 Å². The van der Waals surface area contributed by atoms with E-state index in [1.54, 1.807) is 12.1 Å².